The van der Waals surface area contributed by atoms with Crippen LogP contribution in [0.1, 0.15) is 29.3 Å². The minimum absolute atomic E-state index is 0.0760. The van der Waals surface area contributed by atoms with Crippen LogP contribution in [0.4, 0.5) is 0 Å². The lowest BCUT2D eigenvalue weighted by molar-refractivity contribution is -0.128. The summed E-state index contributed by atoms with van der Waals surface area (Å²) in [7, 11) is 3.20. The van der Waals surface area contributed by atoms with E-state index in [-0.39, 0.29) is 11.8 Å². The van der Waals surface area contributed by atoms with Gasteiger partial charge in [0.05, 0.1) is 14.2 Å². The van der Waals surface area contributed by atoms with Crippen LogP contribution in [0.5, 0.6) is 11.5 Å². The molecule has 1 fully saturated rings. The number of hydrogen-bond acceptors (Lipinski definition) is 6. The first kappa shape index (κ1) is 19.0. The number of carbonyl (C=O) groups excluding carboxylic acids is 1. The predicted molar refractivity (Wildman–Crippen MR) is 107 cm³/mol. The number of nitrogens with zero attached hydrogens (tertiary/aromatic N) is 3. The molecule has 1 atom stereocenters. The molecule has 0 spiro atoms. The maximum absolute atomic E-state index is 12.6. The number of methoxy groups -OCH3 is 2. The summed E-state index contributed by atoms with van der Waals surface area (Å²) in [6.07, 6.45) is 0.375. The third kappa shape index (κ3) is 3.81. The number of aryl methyl sites for hydroxylation is 1. The lowest BCUT2D eigenvalue weighted by Gasteiger charge is -2.17. The molecular formula is C22H23N3O4. The molecule has 1 aliphatic heterocycles. The highest BCUT2D eigenvalue weighted by Gasteiger charge is 2.34. The van der Waals surface area contributed by atoms with Crippen molar-refractivity contribution in [3.63, 3.8) is 0 Å². The van der Waals surface area contributed by atoms with Gasteiger partial charge >= 0.3 is 0 Å². The average molecular weight is 393 g/mol. The summed E-state index contributed by atoms with van der Waals surface area (Å²) in [6, 6.07) is 13.5. The average Bonchev–Trinajstić information content (AvgIpc) is 3.35. The van der Waals surface area contributed by atoms with Gasteiger partial charge in [0.2, 0.25) is 5.91 Å². The van der Waals surface area contributed by atoms with Crippen molar-refractivity contribution in [1.29, 1.82) is 0 Å². The van der Waals surface area contributed by atoms with Gasteiger partial charge in [-0.15, -0.1) is 0 Å². The molecule has 0 radical (unpaired) electrons. The Balaban J connectivity index is 1.48. The van der Waals surface area contributed by atoms with Crippen molar-refractivity contribution >= 4 is 5.91 Å². The summed E-state index contributed by atoms with van der Waals surface area (Å²) in [5.41, 5.74) is 2.96. The summed E-state index contributed by atoms with van der Waals surface area (Å²) in [5.74, 6) is 2.37. The topological polar surface area (TPSA) is 77.7 Å². The minimum Gasteiger partial charge on any atom is -0.493 e. The number of likely N-dealkylation sites (tertiary alicyclic amines) is 1. The number of amides is 1. The molecule has 1 aromatic heterocycles. The molecule has 29 heavy (non-hydrogen) atoms. The van der Waals surface area contributed by atoms with Crippen molar-refractivity contribution in [1.82, 2.24) is 15.0 Å². The first-order valence-electron chi connectivity index (χ1n) is 9.47. The van der Waals surface area contributed by atoms with Crippen LogP contribution in [0, 0.1) is 6.92 Å². The fourth-order valence-electron chi connectivity index (χ4n) is 3.62. The van der Waals surface area contributed by atoms with Crippen LogP contribution in [-0.4, -0.2) is 41.7 Å². The molecule has 1 amide bonds. The molecule has 0 aliphatic carbocycles. The molecule has 1 unspecified atom stereocenters. The molecule has 1 saturated heterocycles. The fourth-order valence-corrected chi connectivity index (χ4v) is 3.62. The maximum Gasteiger partial charge on any atom is 0.258 e. The Morgan fingerprint density at radius 1 is 1.14 bits per heavy atom. The number of benzene rings is 2. The highest BCUT2D eigenvalue weighted by atomic mass is 16.5. The van der Waals surface area contributed by atoms with Gasteiger partial charge in [-0.3, -0.25) is 4.79 Å². The van der Waals surface area contributed by atoms with Gasteiger partial charge < -0.3 is 18.9 Å². The number of ether oxygens (including phenoxy) is 2. The van der Waals surface area contributed by atoms with Crippen LogP contribution in [-0.2, 0) is 11.3 Å². The highest BCUT2D eigenvalue weighted by molar-refractivity contribution is 5.79. The van der Waals surface area contributed by atoms with Gasteiger partial charge in [0.15, 0.2) is 17.3 Å². The van der Waals surface area contributed by atoms with E-state index in [9.17, 15) is 4.79 Å². The quantitative estimate of drug-likeness (QED) is 0.637. The zero-order valence-corrected chi connectivity index (χ0v) is 16.7. The number of hydrogen-bond donors (Lipinski definition) is 0. The van der Waals surface area contributed by atoms with Gasteiger partial charge in [0, 0.05) is 31.0 Å². The SMILES string of the molecule is COc1ccc(CN2CC(c3noc(-c4ccccc4C)n3)CC2=O)cc1OC. The summed E-state index contributed by atoms with van der Waals surface area (Å²) in [4.78, 5) is 18.9. The number of rotatable bonds is 6. The van der Waals surface area contributed by atoms with Gasteiger partial charge in [0.25, 0.3) is 5.89 Å². The van der Waals surface area contributed by atoms with Crippen molar-refractivity contribution in [2.75, 3.05) is 20.8 Å². The van der Waals surface area contributed by atoms with Crippen LogP contribution < -0.4 is 9.47 Å². The molecule has 3 aromatic rings. The molecule has 0 bridgehead atoms. The molecule has 0 N–H and O–H groups in total. The van der Waals surface area contributed by atoms with E-state index in [0.29, 0.717) is 42.7 Å². The second kappa shape index (κ2) is 7.95. The molecule has 4 rings (SSSR count). The van der Waals surface area contributed by atoms with E-state index in [4.69, 9.17) is 14.0 Å². The smallest absolute Gasteiger partial charge is 0.258 e. The van der Waals surface area contributed by atoms with Gasteiger partial charge in [0.1, 0.15) is 0 Å². The Labute approximate surface area is 169 Å². The molecule has 1 aliphatic rings. The van der Waals surface area contributed by atoms with Crippen molar-refractivity contribution in [3.05, 3.63) is 59.4 Å². The van der Waals surface area contributed by atoms with Gasteiger partial charge in [-0.2, -0.15) is 4.98 Å². The molecule has 7 nitrogen and oxygen atoms in total. The van der Waals surface area contributed by atoms with E-state index in [0.717, 1.165) is 16.7 Å². The van der Waals surface area contributed by atoms with E-state index < -0.39 is 0 Å². The van der Waals surface area contributed by atoms with Crippen LogP contribution >= 0.6 is 0 Å². The van der Waals surface area contributed by atoms with E-state index in [2.05, 4.69) is 10.1 Å². The largest absolute Gasteiger partial charge is 0.493 e. The van der Waals surface area contributed by atoms with Crippen LogP contribution in [0.25, 0.3) is 11.5 Å². The number of aromatic nitrogens is 2. The van der Waals surface area contributed by atoms with E-state index in [1.807, 2.05) is 54.3 Å². The summed E-state index contributed by atoms with van der Waals surface area (Å²) in [5, 5.41) is 4.14. The first-order valence-corrected chi connectivity index (χ1v) is 9.47. The molecule has 7 heteroatoms. The zero-order chi connectivity index (χ0) is 20.4. The molecule has 0 saturated carbocycles. The lowest BCUT2D eigenvalue weighted by Crippen LogP contribution is -2.24. The van der Waals surface area contributed by atoms with E-state index in [1.54, 1.807) is 14.2 Å². The zero-order valence-electron chi connectivity index (χ0n) is 16.7. The second-order valence-electron chi connectivity index (χ2n) is 7.14. The van der Waals surface area contributed by atoms with Crippen LogP contribution in [0.15, 0.2) is 47.0 Å². The van der Waals surface area contributed by atoms with E-state index >= 15 is 0 Å². The highest BCUT2D eigenvalue weighted by Crippen LogP contribution is 2.32. The summed E-state index contributed by atoms with van der Waals surface area (Å²) < 4.78 is 16.1. The normalized spacial score (nSPS) is 16.3. The van der Waals surface area contributed by atoms with Gasteiger partial charge in [-0.25, -0.2) is 0 Å². The molecule has 2 heterocycles. The van der Waals surface area contributed by atoms with Gasteiger partial charge in [-0.1, -0.05) is 29.4 Å². The predicted octanol–water partition coefficient (Wildman–Crippen LogP) is 3.58. The monoisotopic (exact) mass is 393 g/mol. The summed E-state index contributed by atoms with van der Waals surface area (Å²) in [6.45, 7) is 3.06. The Morgan fingerprint density at radius 2 is 1.93 bits per heavy atom. The molecular weight excluding hydrogens is 370 g/mol. The summed E-state index contributed by atoms with van der Waals surface area (Å²) >= 11 is 0. The number of carbonyl (C=O) groups is 1. The third-order valence-corrected chi connectivity index (χ3v) is 5.22. The Bertz CT molecular complexity index is 1030. The lowest BCUT2D eigenvalue weighted by atomic mass is 10.1. The third-order valence-electron chi connectivity index (χ3n) is 5.22. The Morgan fingerprint density at radius 3 is 2.69 bits per heavy atom. The molecule has 150 valence electrons. The first-order chi connectivity index (χ1) is 14.1. The van der Waals surface area contributed by atoms with Crippen molar-refractivity contribution in [3.8, 4) is 23.0 Å². The van der Waals surface area contributed by atoms with Gasteiger partial charge in [-0.05, 0) is 36.2 Å². The maximum atomic E-state index is 12.6. The van der Waals surface area contributed by atoms with Crippen molar-refractivity contribution in [2.45, 2.75) is 25.8 Å². The van der Waals surface area contributed by atoms with Crippen LogP contribution in [0.3, 0.4) is 0 Å². The second-order valence-corrected chi connectivity index (χ2v) is 7.14. The molecule has 2 aromatic carbocycles. The standard InChI is InChI=1S/C22H23N3O4/c1-14-6-4-5-7-17(14)22-23-21(24-29-22)16-11-20(26)25(13-16)12-15-8-9-18(27-2)19(10-15)28-3/h4-10,16H,11-13H2,1-3H3. The van der Waals surface area contributed by atoms with E-state index in [1.165, 1.54) is 0 Å². The van der Waals surface area contributed by atoms with Crippen molar-refractivity contribution < 1.29 is 18.8 Å². The Kier molecular flexibility index (Phi) is 5.20. The van der Waals surface area contributed by atoms with Crippen LogP contribution in [0.2, 0.25) is 0 Å². The van der Waals surface area contributed by atoms with Crippen molar-refractivity contribution in [2.24, 2.45) is 0 Å². The Hall–Kier alpha value is -3.35. The fraction of sp³-hybridized carbons (Fsp3) is 0.318. The minimum atomic E-state index is -0.0795.